The van der Waals surface area contributed by atoms with E-state index in [0.717, 1.165) is 0 Å². The highest BCUT2D eigenvalue weighted by Crippen LogP contribution is 2.15. The topological polar surface area (TPSA) is 26.0 Å². The second kappa shape index (κ2) is 4.11. The van der Waals surface area contributed by atoms with Crippen LogP contribution >= 0.6 is 0 Å². The van der Waals surface area contributed by atoms with Crippen LogP contribution in [0.4, 0.5) is 0 Å². The Hall–Kier alpha value is -0.863. The van der Waals surface area contributed by atoms with Crippen LogP contribution in [-0.2, 0) is 0 Å². The van der Waals surface area contributed by atoms with E-state index in [0.29, 0.717) is 0 Å². The summed E-state index contributed by atoms with van der Waals surface area (Å²) in [5.41, 5.74) is 5.89. The highest BCUT2D eigenvalue weighted by molar-refractivity contribution is 6.95. The molecule has 1 atom stereocenters. The smallest absolute Gasteiger partial charge is 0.108 e. The fourth-order valence-corrected chi connectivity index (χ4v) is 4.14. The first kappa shape index (κ1) is 11.2. The zero-order chi connectivity index (χ0) is 10.8. The van der Waals surface area contributed by atoms with Crippen molar-refractivity contribution >= 4 is 13.3 Å². The van der Waals surface area contributed by atoms with Crippen LogP contribution in [0.15, 0.2) is 42.1 Å². The van der Waals surface area contributed by atoms with Gasteiger partial charge in [0.25, 0.3) is 0 Å². The number of hydrogen-bond donors (Lipinski definition) is 1. The van der Waals surface area contributed by atoms with Crippen LogP contribution in [0.2, 0.25) is 13.1 Å². The summed E-state index contributed by atoms with van der Waals surface area (Å²) >= 11 is 0. The van der Waals surface area contributed by atoms with E-state index in [1.54, 1.807) is 0 Å². The quantitative estimate of drug-likeness (QED) is 0.751. The molecule has 0 bridgehead atoms. The van der Waals surface area contributed by atoms with Gasteiger partial charge in [-0.15, -0.1) is 6.58 Å². The maximum Gasteiger partial charge on any atom is 0.108 e. The average molecular weight is 205 g/mol. The van der Waals surface area contributed by atoms with Gasteiger partial charge in [0.15, 0.2) is 0 Å². The zero-order valence-corrected chi connectivity index (χ0v) is 10.2. The lowest BCUT2D eigenvalue weighted by Gasteiger charge is -2.28. The van der Waals surface area contributed by atoms with Gasteiger partial charge < -0.3 is 5.73 Å². The van der Waals surface area contributed by atoms with Crippen LogP contribution in [0, 0.1) is 0 Å². The Bertz CT molecular complexity index is 314. The first-order valence-corrected chi connectivity index (χ1v) is 7.96. The van der Waals surface area contributed by atoms with Gasteiger partial charge in [-0.25, -0.2) is 0 Å². The van der Waals surface area contributed by atoms with E-state index in [1.807, 2.05) is 13.0 Å². The lowest BCUT2D eigenvalue weighted by atomic mass is 10.3. The molecular formula is C12H19NSi. The second-order valence-electron chi connectivity index (χ2n) is 4.30. The molecule has 1 nitrogen and oxygen atoms in total. The molecule has 0 fully saturated rings. The summed E-state index contributed by atoms with van der Waals surface area (Å²) in [7, 11) is -1.57. The van der Waals surface area contributed by atoms with Gasteiger partial charge in [0.2, 0.25) is 0 Å². The molecular weight excluding hydrogens is 186 g/mol. The molecule has 0 unspecified atom stereocenters. The van der Waals surface area contributed by atoms with Crippen LogP contribution in [0.25, 0.3) is 0 Å². The minimum absolute atomic E-state index is 0.0943. The van der Waals surface area contributed by atoms with E-state index in [2.05, 4.69) is 43.9 Å². The summed E-state index contributed by atoms with van der Waals surface area (Å²) in [6.07, 6.45) is 0. The van der Waals surface area contributed by atoms with Gasteiger partial charge >= 0.3 is 0 Å². The predicted molar refractivity (Wildman–Crippen MR) is 66.3 cm³/mol. The van der Waals surface area contributed by atoms with Crippen molar-refractivity contribution in [3.8, 4) is 0 Å². The fraction of sp³-hybridized carbons (Fsp3) is 0.333. The number of nitrogens with two attached hydrogens (primary N) is 1. The molecule has 14 heavy (non-hydrogen) atoms. The minimum Gasteiger partial charge on any atom is -0.325 e. The maximum absolute atomic E-state index is 5.89. The van der Waals surface area contributed by atoms with Gasteiger partial charge in [-0.2, -0.15) is 0 Å². The van der Waals surface area contributed by atoms with Crippen LogP contribution in [0.5, 0.6) is 0 Å². The Labute approximate surface area is 87.7 Å². The first-order valence-electron chi connectivity index (χ1n) is 4.96. The molecule has 2 N–H and O–H groups in total. The molecule has 1 aromatic rings. The van der Waals surface area contributed by atoms with Crippen molar-refractivity contribution < 1.29 is 0 Å². The van der Waals surface area contributed by atoms with Crippen LogP contribution in [0.1, 0.15) is 6.92 Å². The van der Waals surface area contributed by atoms with Crippen molar-refractivity contribution in [1.29, 1.82) is 0 Å². The van der Waals surface area contributed by atoms with Crippen molar-refractivity contribution in [2.75, 3.05) is 0 Å². The molecule has 0 aliphatic heterocycles. The van der Waals surface area contributed by atoms with Crippen molar-refractivity contribution in [1.82, 2.24) is 0 Å². The van der Waals surface area contributed by atoms with E-state index >= 15 is 0 Å². The van der Waals surface area contributed by atoms with E-state index in [9.17, 15) is 0 Å². The zero-order valence-electron chi connectivity index (χ0n) is 9.25. The second-order valence-corrected chi connectivity index (χ2v) is 8.77. The Balaban J connectivity index is 3.02. The lowest BCUT2D eigenvalue weighted by Crippen LogP contribution is -2.48. The normalized spacial score (nSPS) is 13.7. The van der Waals surface area contributed by atoms with Gasteiger partial charge in [0.1, 0.15) is 8.07 Å². The first-order chi connectivity index (χ1) is 6.46. The molecule has 0 heterocycles. The van der Waals surface area contributed by atoms with E-state index < -0.39 is 8.07 Å². The molecule has 0 aliphatic carbocycles. The lowest BCUT2D eigenvalue weighted by molar-refractivity contribution is 0.902. The molecule has 0 saturated carbocycles. The van der Waals surface area contributed by atoms with Gasteiger partial charge in [-0.1, -0.05) is 53.8 Å². The standard InChI is InChI=1S/C12H19NSi/c1-10(13)11(2)14(3,4)12-8-6-5-7-9-12/h5-10H,2,13H2,1,3-4H3/t10-/m0/s1. The summed E-state index contributed by atoms with van der Waals surface area (Å²) in [6, 6.07) is 10.7. The molecule has 0 aliphatic rings. The summed E-state index contributed by atoms with van der Waals surface area (Å²) in [5, 5.41) is 2.62. The monoisotopic (exact) mass is 205 g/mol. The molecule has 0 saturated heterocycles. The van der Waals surface area contributed by atoms with Crippen LogP contribution in [0.3, 0.4) is 0 Å². The number of rotatable bonds is 3. The van der Waals surface area contributed by atoms with Gasteiger partial charge in [0.05, 0.1) is 0 Å². The van der Waals surface area contributed by atoms with E-state index in [-0.39, 0.29) is 6.04 Å². The van der Waals surface area contributed by atoms with Crippen molar-refractivity contribution in [3.05, 3.63) is 42.1 Å². The Kier molecular flexibility index (Phi) is 3.29. The number of hydrogen-bond acceptors (Lipinski definition) is 1. The van der Waals surface area contributed by atoms with Gasteiger partial charge in [0, 0.05) is 6.04 Å². The largest absolute Gasteiger partial charge is 0.325 e. The molecule has 76 valence electrons. The third kappa shape index (κ3) is 2.14. The van der Waals surface area contributed by atoms with Crippen LogP contribution in [-0.4, -0.2) is 14.1 Å². The fourth-order valence-electron chi connectivity index (χ4n) is 1.61. The summed E-state index contributed by atoms with van der Waals surface area (Å²) in [6.45, 7) is 10.8. The molecule has 0 radical (unpaired) electrons. The predicted octanol–water partition coefficient (Wildman–Crippen LogP) is 2.04. The Morgan fingerprint density at radius 3 is 2.21 bits per heavy atom. The van der Waals surface area contributed by atoms with Crippen molar-refractivity contribution in [2.24, 2.45) is 5.73 Å². The van der Waals surface area contributed by atoms with Crippen molar-refractivity contribution in [2.45, 2.75) is 26.1 Å². The SMILES string of the molecule is C=C([C@H](C)N)[Si](C)(C)c1ccccc1. The molecule has 0 amide bonds. The van der Waals surface area contributed by atoms with Crippen LogP contribution < -0.4 is 10.9 Å². The maximum atomic E-state index is 5.89. The highest BCUT2D eigenvalue weighted by atomic mass is 28.3. The molecule has 0 spiro atoms. The Morgan fingerprint density at radius 2 is 1.79 bits per heavy atom. The van der Waals surface area contributed by atoms with Gasteiger partial charge in [-0.05, 0) is 6.92 Å². The summed E-state index contributed by atoms with van der Waals surface area (Å²) in [5.74, 6) is 0. The Morgan fingerprint density at radius 1 is 1.29 bits per heavy atom. The third-order valence-electron chi connectivity index (χ3n) is 2.85. The van der Waals surface area contributed by atoms with Gasteiger partial charge in [-0.3, -0.25) is 0 Å². The highest BCUT2D eigenvalue weighted by Gasteiger charge is 2.28. The number of benzene rings is 1. The summed E-state index contributed by atoms with van der Waals surface area (Å²) in [4.78, 5) is 0. The van der Waals surface area contributed by atoms with Crippen molar-refractivity contribution in [3.63, 3.8) is 0 Å². The minimum atomic E-state index is -1.57. The van der Waals surface area contributed by atoms with E-state index in [4.69, 9.17) is 5.73 Å². The van der Waals surface area contributed by atoms with E-state index in [1.165, 1.54) is 10.4 Å². The molecule has 1 aromatic carbocycles. The average Bonchev–Trinajstić information content (AvgIpc) is 2.18. The summed E-state index contributed by atoms with van der Waals surface area (Å²) < 4.78 is 0. The molecule has 2 heteroatoms. The molecule has 0 aromatic heterocycles. The third-order valence-corrected chi connectivity index (χ3v) is 6.69. The molecule has 1 rings (SSSR count).